The number of nitrogens with zero attached hydrogens (tertiary/aromatic N) is 2. The quantitative estimate of drug-likeness (QED) is 0.657. The van der Waals surface area contributed by atoms with E-state index in [0.29, 0.717) is 13.2 Å². The smallest absolute Gasteiger partial charge is 0.0698 e. The summed E-state index contributed by atoms with van der Waals surface area (Å²) < 4.78 is 5.27. The second-order valence-electron chi connectivity index (χ2n) is 4.41. The van der Waals surface area contributed by atoms with Crippen molar-refractivity contribution in [1.29, 1.82) is 0 Å². The number of aliphatic hydroxyl groups excluding tert-OH is 1. The molecule has 1 aromatic rings. The predicted octanol–water partition coefficient (Wildman–Crippen LogP) is 0.411. The summed E-state index contributed by atoms with van der Waals surface area (Å²) in [5, 5.41) is 8.64. The average molecular weight is 253 g/mol. The van der Waals surface area contributed by atoms with Gasteiger partial charge >= 0.3 is 0 Å². The molecule has 5 heteroatoms. The van der Waals surface area contributed by atoms with Crippen molar-refractivity contribution in [1.82, 2.24) is 9.88 Å². The van der Waals surface area contributed by atoms with Gasteiger partial charge in [-0.05, 0) is 25.6 Å². The zero-order valence-electron chi connectivity index (χ0n) is 11.1. The van der Waals surface area contributed by atoms with Crippen LogP contribution in [-0.4, -0.2) is 54.4 Å². The number of likely N-dealkylation sites (N-methyl/N-ethyl adjacent to an activating group) is 1. The second kappa shape index (κ2) is 8.16. The first-order valence-corrected chi connectivity index (χ1v) is 6.21. The van der Waals surface area contributed by atoms with Crippen molar-refractivity contribution in [3.05, 3.63) is 30.1 Å². The SMILES string of the molecule is CC(N)C(c1cccnc1)N(C)CCOCCO. The summed E-state index contributed by atoms with van der Waals surface area (Å²) in [5.74, 6) is 0. The van der Waals surface area contributed by atoms with Crippen molar-refractivity contribution in [3.8, 4) is 0 Å². The van der Waals surface area contributed by atoms with E-state index in [9.17, 15) is 0 Å². The van der Waals surface area contributed by atoms with E-state index < -0.39 is 0 Å². The second-order valence-corrected chi connectivity index (χ2v) is 4.41. The first-order chi connectivity index (χ1) is 8.66. The Balaban J connectivity index is 2.57. The normalized spacial score (nSPS) is 14.7. The summed E-state index contributed by atoms with van der Waals surface area (Å²) in [5.41, 5.74) is 7.16. The standard InChI is InChI=1S/C13H23N3O2/c1-11(14)13(12-4-3-5-15-10-12)16(2)6-8-18-9-7-17/h3-5,10-11,13,17H,6-9,14H2,1-2H3. The molecule has 3 N–H and O–H groups in total. The van der Waals surface area contributed by atoms with Crippen molar-refractivity contribution in [2.75, 3.05) is 33.4 Å². The molecule has 0 aliphatic carbocycles. The van der Waals surface area contributed by atoms with Crippen LogP contribution in [-0.2, 0) is 4.74 Å². The maximum atomic E-state index is 8.64. The van der Waals surface area contributed by atoms with Gasteiger partial charge in [-0.15, -0.1) is 0 Å². The first kappa shape index (κ1) is 15.0. The fourth-order valence-electron chi connectivity index (χ4n) is 2.02. The van der Waals surface area contributed by atoms with Crippen LogP contribution in [0.3, 0.4) is 0 Å². The summed E-state index contributed by atoms with van der Waals surface area (Å²) in [4.78, 5) is 6.29. The molecule has 0 saturated heterocycles. The van der Waals surface area contributed by atoms with Gasteiger partial charge in [0.25, 0.3) is 0 Å². The Labute approximate surface area is 109 Å². The van der Waals surface area contributed by atoms with E-state index in [1.165, 1.54) is 0 Å². The van der Waals surface area contributed by atoms with Gasteiger partial charge in [-0.2, -0.15) is 0 Å². The van der Waals surface area contributed by atoms with Crippen molar-refractivity contribution in [2.45, 2.75) is 19.0 Å². The third-order valence-corrected chi connectivity index (χ3v) is 2.82. The van der Waals surface area contributed by atoms with Crippen LogP contribution in [0.1, 0.15) is 18.5 Å². The number of rotatable bonds is 8. The summed E-state index contributed by atoms with van der Waals surface area (Å²) in [6.07, 6.45) is 3.60. The Kier molecular flexibility index (Phi) is 6.82. The Morgan fingerprint density at radius 1 is 1.50 bits per heavy atom. The highest BCUT2D eigenvalue weighted by atomic mass is 16.5. The summed E-state index contributed by atoms with van der Waals surface area (Å²) in [7, 11) is 2.02. The van der Waals surface area contributed by atoms with Gasteiger partial charge in [-0.3, -0.25) is 9.88 Å². The van der Waals surface area contributed by atoms with E-state index in [2.05, 4.69) is 9.88 Å². The van der Waals surface area contributed by atoms with Crippen LogP contribution >= 0.6 is 0 Å². The summed E-state index contributed by atoms with van der Waals surface area (Å²) in [6, 6.07) is 4.08. The molecule has 0 radical (unpaired) electrons. The van der Waals surface area contributed by atoms with Gasteiger partial charge in [0.15, 0.2) is 0 Å². The van der Waals surface area contributed by atoms with Crippen LogP contribution in [0.15, 0.2) is 24.5 Å². The van der Waals surface area contributed by atoms with Gasteiger partial charge in [-0.25, -0.2) is 0 Å². The van der Waals surface area contributed by atoms with Gasteiger partial charge in [0, 0.05) is 25.0 Å². The van der Waals surface area contributed by atoms with Gasteiger partial charge in [-0.1, -0.05) is 6.07 Å². The van der Waals surface area contributed by atoms with E-state index in [1.807, 2.05) is 32.3 Å². The van der Waals surface area contributed by atoms with Gasteiger partial charge in [0.2, 0.25) is 0 Å². The van der Waals surface area contributed by atoms with Crippen molar-refractivity contribution in [2.24, 2.45) is 5.73 Å². The lowest BCUT2D eigenvalue weighted by molar-refractivity contribution is 0.0678. The van der Waals surface area contributed by atoms with E-state index in [4.69, 9.17) is 15.6 Å². The molecule has 0 fully saturated rings. The Morgan fingerprint density at radius 2 is 2.28 bits per heavy atom. The van der Waals surface area contributed by atoms with E-state index in [0.717, 1.165) is 12.1 Å². The molecule has 1 rings (SSSR count). The molecule has 0 saturated carbocycles. The Hall–Kier alpha value is -1.01. The molecule has 1 aromatic heterocycles. The average Bonchev–Trinajstić information content (AvgIpc) is 2.36. The molecule has 0 amide bonds. The molecule has 18 heavy (non-hydrogen) atoms. The molecule has 2 atom stereocenters. The monoisotopic (exact) mass is 253 g/mol. The highest BCUT2D eigenvalue weighted by molar-refractivity contribution is 5.15. The van der Waals surface area contributed by atoms with Gasteiger partial charge < -0.3 is 15.6 Å². The molecule has 0 aliphatic rings. The fraction of sp³-hybridized carbons (Fsp3) is 0.615. The minimum atomic E-state index is 0.0111. The Bertz CT molecular complexity index is 319. The minimum Gasteiger partial charge on any atom is -0.394 e. The molecule has 2 unspecified atom stereocenters. The lowest BCUT2D eigenvalue weighted by Gasteiger charge is -2.31. The molecule has 0 aliphatic heterocycles. The number of nitrogens with two attached hydrogens (primary N) is 1. The van der Waals surface area contributed by atoms with E-state index in [1.54, 1.807) is 6.20 Å². The lowest BCUT2D eigenvalue weighted by Crippen LogP contribution is -2.39. The third-order valence-electron chi connectivity index (χ3n) is 2.82. The highest BCUT2D eigenvalue weighted by Gasteiger charge is 2.20. The first-order valence-electron chi connectivity index (χ1n) is 6.21. The summed E-state index contributed by atoms with van der Waals surface area (Å²) in [6.45, 7) is 3.77. The number of pyridine rings is 1. The molecule has 5 nitrogen and oxygen atoms in total. The number of hydrogen-bond acceptors (Lipinski definition) is 5. The summed E-state index contributed by atoms with van der Waals surface area (Å²) >= 11 is 0. The van der Waals surface area contributed by atoms with Gasteiger partial charge in [0.1, 0.15) is 0 Å². The van der Waals surface area contributed by atoms with Crippen LogP contribution in [0.5, 0.6) is 0 Å². The number of hydrogen-bond donors (Lipinski definition) is 2. The maximum absolute atomic E-state index is 8.64. The highest BCUT2D eigenvalue weighted by Crippen LogP contribution is 2.20. The molecule has 0 bridgehead atoms. The molecular formula is C13H23N3O2. The Morgan fingerprint density at radius 3 is 2.83 bits per heavy atom. The predicted molar refractivity (Wildman–Crippen MR) is 71.2 cm³/mol. The van der Waals surface area contributed by atoms with Crippen LogP contribution < -0.4 is 5.73 Å². The fourth-order valence-corrected chi connectivity index (χ4v) is 2.02. The van der Waals surface area contributed by atoms with Crippen LogP contribution in [0.2, 0.25) is 0 Å². The molecule has 1 heterocycles. The zero-order chi connectivity index (χ0) is 13.4. The number of ether oxygens (including phenoxy) is 1. The largest absolute Gasteiger partial charge is 0.394 e. The van der Waals surface area contributed by atoms with Crippen molar-refractivity contribution < 1.29 is 9.84 Å². The van der Waals surface area contributed by atoms with E-state index in [-0.39, 0.29) is 18.7 Å². The van der Waals surface area contributed by atoms with E-state index >= 15 is 0 Å². The van der Waals surface area contributed by atoms with Crippen LogP contribution in [0, 0.1) is 0 Å². The molecule has 0 aromatic carbocycles. The van der Waals surface area contributed by atoms with Crippen molar-refractivity contribution in [3.63, 3.8) is 0 Å². The van der Waals surface area contributed by atoms with Gasteiger partial charge in [0.05, 0.1) is 25.9 Å². The van der Waals surface area contributed by atoms with Crippen molar-refractivity contribution >= 4 is 0 Å². The zero-order valence-corrected chi connectivity index (χ0v) is 11.1. The lowest BCUT2D eigenvalue weighted by atomic mass is 10.0. The molecule has 0 spiro atoms. The third kappa shape index (κ3) is 4.70. The van der Waals surface area contributed by atoms with Crippen LogP contribution in [0.4, 0.5) is 0 Å². The number of aromatic nitrogens is 1. The maximum Gasteiger partial charge on any atom is 0.0698 e. The number of aliphatic hydroxyl groups is 1. The molecular weight excluding hydrogens is 230 g/mol. The van der Waals surface area contributed by atoms with Crippen LogP contribution in [0.25, 0.3) is 0 Å². The minimum absolute atomic E-state index is 0.0111. The molecule has 102 valence electrons. The topological polar surface area (TPSA) is 71.6 Å².